The van der Waals surface area contributed by atoms with Gasteiger partial charge in [-0.05, 0) is 64.3 Å². The number of rotatable bonds is 12. The molecule has 0 radical (unpaired) electrons. The predicted molar refractivity (Wildman–Crippen MR) is 184 cm³/mol. The van der Waals surface area contributed by atoms with Crippen molar-refractivity contribution in [1.29, 1.82) is 0 Å². The maximum Gasteiger partial charge on any atom is 0.335 e. The summed E-state index contributed by atoms with van der Waals surface area (Å²) in [7, 11) is 0. The van der Waals surface area contributed by atoms with E-state index in [1.54, 1.807) is 6.07 Å². The monoisotopic (exact) mass is 768 g/mol. The highest BCUT2D eigenvalue weighted by Crippen LogP contribution is 2.33. The molecule has 3 aliphatic rings. The van der Waals surface area contributed by atoms with Crippen LogP contribution in [0.2, 0.25) is 0 Å². The van der Waals surface area contributed by atoms with Gasteiger partial charge in [0.15, 0.2) is 18.0 Å². The van der Waals surface area contributed by atoms with Gasteiger partial charge in [0, 0.05) is 48.1 Å². The Labute approximate surface area is 308 Å². The van der Waals surface area contributed by atoms with Crippen LogP contribution in [0.25, 0.3) is 11.0 Å². The van der Waals surface area contributed by atoms with Crippen LogP contribution in [0.15, 0.2) is 27.5 Å². The first-order valence-corrected chi connectivity index (χ1v) is 18.0. The van der Waals surface area contributed by atoms with Crippen LogP contribution < -0.4 is 5.56 Å². The molecule has 9 atom stereocenters. The Kier molecular flexibility index (Phi) is 14.2. The standard InChI is InChI=1S/C23H27FN4O2.C12H22O12/c1-15-18(23(29)28-10-3-2-4-21(28)25-15)9-13-27-11-7-16(8-12-27)22-19-6-5-17(24)14-20(19)30-26-22;13-1-3(15)10(7(18)8(19)11(21)22)24-12-9(20)6(17)5(16)4(2-14)23-12/h5-6,14,16H,2-4,7-13H2,1H3;3-10,12-20H,1-2H2,(H,21,22)/t;3-,4-,5+,6+,7-,8-,9-,10-,12+/m.1/s1. The van der Waals surface area contributed by atoms with Gasteiger partial charge in [0.25, 0.3) is 5.56 Å². The highest BCUT2D eigenvalue weighted by molar-refractivity contribution is 5.80. The van der Waals surface area contributed by atoms with E-state index in [0.717, 1.165) is 92.9 Å². The average Bonchev–Trinajstić information content (AvgIpc) is 3.59. The lowest BCUT2D eigenvalue weighted by molar-refractivity contribution is -0.326. The topological polar surface area (TPSA) is 282 Å². The zero-order chi connectivity index (χ0) is 39.3. The third-order valence-electron chi connectivity index (χ3n) is 10.3. The number of benzene rings is 1. The minimum atomic E-state index is -2.39. The number of carbonyl (C=O) groups is 1. The van der Waals surface area contributed by atoms with Gasteiger partial charge in [-0.2, -0.15) is 0 Å². The quantitative estimate of drug-likeness (QED) is 0.0956. The molecule has 54 heavy (non-hydrogen) atoms. The second kappa shape index (κ2) is 18.4. The number of carboxylic acid groups (broad SMARTS) is 1. The maximum absolute atomic E-state index is 13.4. The molecule has 18 nitrogen and oxygen atoms in total. The number of aliphatic hydroxyl groups excluding tert-OH is 8. The molecular weight excluding hydrogens is 719 g/mol. The van der Waals surface area contributed by atoms with Crippen LogP contribution >= 0.6 is 0 Å². The molecule has 1 aromatic carbocycles. The molecule has 5 heterocycles. The number of aromatic nitrogens is 3. The molecule has 6 rings (SSSR count). The Hall–Kier alpha value is -3.47. The largest absolute Gasteiger partial charge is 0.479 e. The van der Waals surface area contributed by atoms with Crippen molar-refractivity contribution in [3.63, 3.8) is 0 Å². The normalized spacial score (nSPS) is 26.0. The molecule has 300 valence electrons. The van der Waals surface area contributed by atoms with Crippen molar-refractivity contribution >= 4 is 16.9 Å². The van der Waals surface area contributed by atoms with Crippen molar-refractivity contribution in [1.82, 2.24) is 19.6 Å². The maximum atomic E-state index is 13.4. The number of likely N-dealkylation sites (tertiary alicyclic amines) is 1. The van der Waals surface area contributed by atoms with E-state index in [0.29, 0.717) is 11.5 Å². The molecule has 0 bridgehead atoms. The average molecular weight is 769 g/mol. The first-order valence-electron chi connectivity index (χ1n) is 18.0. The van der Waals surface area contributed by atoms with E-state index in [4.69, 9.17) is 34.3 Å². The fraction of sp³-hybridized carbons (Fsp3) is 0.657. The van der Waals surface area contributed by atoms with Gasteiger partial charge in [0.2, 0.25) is 0 Å². The molecule has 9 N–H and O–H groups in total. The molecule has 0 amide bonds. The number of piperidine rings is 1. The van der Waals surface area contributed by atoms with E-state index in [9.17, 15) is 44.6 Å². The van der Waals surface area contributed by atoms with Crippen molar-refractivity contribution in [3.05, 3.63) is 57.1 Å². The van der Waals surface area contributed by atoms with E-state index >= 15 is 0 Å². The highest BCUT2D eigenvalue weighted by Gasteiger charge is 2.47. The van der Waals surface area contributed by atoms with Crippen LogP contribution in [-0.2, 0) is 33.7 Å². The van der Waals surface area contributed by atoms with E-state index < -0.39 is 74.3 Å². The predicted octanol–water partition coefficient (Wildman–Crippen LogP) is -2.08. The number of fused-ring (bicyclic) bond motifs is 2. The lowest BCUT2D eigenvalue weighted by Gasteiger charge is -2.42. The lowest BCUT2D eigenvalue weighted by atomic mass is 9.91. The SMILES string of the molecule is Cc1nc2n(c(=O)c1CCN1CCC(c3noc4cc(F)ccc34)CC1)CCCC2.O=C(O)[C@H](O)[C@@H](O)[C@H](O[C@@H]1O[C@H](CO)[C@H](O)[C@H](O)[C@H]1O)[C@H](O)CO. The van der Waals surface area contributed by atoms with Crippen LogP contribution in [0, 0.1) is 12.7 Å². The molecule has 2 fully saturated rings. The van der Waals surface area contributed by atoms with Gasteiger partial charge >= 0.3 is 5.97 Å². The van der Waals surface area contributed by atoms with E-state index in [2.05, 4.69) is 10.1 Å². The summed E-state index contributed by atoms with van der Waals surface area (Å²) in [6.07, 6.45) is -11.1. The first kappa shape index (κ1) is 41.7. The fourth-order valence-electron chi connectivity index (χ4n) is 7.11. The number of ether oxygens (including phenoxy) is 2. The summed E-state index contributed by atoms with van der Waals surface area (Å²) in [5.41, 5.74) is 3.38. The molecule has 0 unspecified atom stereocenters. The molecule has 19 heteroatoms. The Bertz CT molecular complexity index is 1770. The minimum absolute atomic E-state index is 0.161. The second-order valence-electron chi connectivity index (χ2n) is 13.9. The third-order valence-corrected chi connectivity index (χ3v) is 10.3. The summed E-state index contributed by atoms with van der Waals surface area (Å²) < 4.78 is 30.6. The number of hydrogen-bond donors (Lipinski definition) is 9. The smallest absolute Gasteiger partial charge is 0.335 e. The molecule has 3 aromatic rings. The molecule has 0 saturated carbocycles. The van der Waals surface area contributed by atoms with Crippen LogP contribution in [0.3, 0.4) is 0 Å². The number of aliphatic hydroxyl groups is 8. The summed E-state index contributed by atoms with van der Waals surface area (Å²) in [5.74, 6) is -0.864. The minimum Gasteiger partial charge on any atom is -0.479 e. The number of aliphatic carboxylic acids is 1. The van der Waals surface area contributed by atoms with Gasteiger partial charge in [-0.15, -0.1) is 0 Å². The molecule has 2 saturated heterocycles. The van der Waals surface area contributed by atoms with E-state index in [-0.39, 0.29) is 11.4 Å². The van der Waals surface area contributed by atoms with Gasteiger partial charge in [-0.3, -0.25) is 9.36 Å². The lowest BCUT2D eigenvalue weighted by Crippen LogP contribution is -2.61. The number of aryl methyl sites for hydroxylation is 2. The zero-order valence-electron chi connectivity index (χ0n) is 29.7. The Morgan fingerprint density at radius 1 is 1.06 bits per heavy atom. The summed E-state index contributed by atoms with van der Waals surface area (Å²) in [6.45, 7) is 3.79. The Morgan fingerprint density at radius 2 is 1.78 bits per heavy atom. The number of carboxylic acids is 1. The van der Waals surface area contributed by atoms with Crippen LogP contribution in [-0.4, -0.2) is 160 Å². The first-order chi connectivity index (χ1) is 25.7. The van der Waals surface area contributed by atoms with Crippen LogP contribution in [0.1, 0.15) is 54.4 Å². The number of hydrogen-bond acceptors (Lipinski definition) is 16. The van der Waals surface area contributed by atoms with Gasteiger partial charge < -0.3 is 64.9 Å². The number of nitrogens with zero attached hydrogens (tertiary/aromatic N) is 4. The molecule has 2 aromatic heterocycles. The summed E-state index contributed by atoms with van der Waals surface area (Å²) in [5, 5.41) is 89.7. The third kappa shape index (κ3) is 9.31. The van der Waals surface area contributed by atoms with Crippen molar-refractivity contribution in [2.45, 2.75) is 113 Å². The van der Waals surface area contributed by atoms with E-state index in [1.165, 1.54) is 12.1 Å². The Balaban J connectivity index is 0.000000214. The summed E-state index contributed by atoms with van der Waals surface area (Å²) >= 11 is 0. The summed E-state index contributed by atoms with van der Waals surface area (Å²) in [4.78, 5) is 30.8. The van der Waals surface area contributed by atoms with Crippen LogP contribution in [0.5, 0.6) is 0 Å². The summed E-state index contributed by atoms with van der Waals surface area (Å²) in [6, 6.07) is 4.63. The van der Waals surface area contributed by atoms with Crippen LogP contribution in [0.4, 0.5) is 4.39 Å². The molecule has 0 aliphatic carbocycles. The second-order valence-corrected chi connectivity index (χ2v) is 13.9. The molecular formula is C35H49FN4O14. The van der Waals surface area contributed by atoms with Gasteiger partial charge in [-0.1, -0.05) is 5.16 Å². The highest BCUT2D eigenvalue weighted by atomic mass is 19.1. The van der Waals surface area contributed by atoms with Crippen molar-refractivity contribution in [3.8, 4) is 0 Å². The van der Waals surface area contributed by atoms with E-state index in [1.807, 2.05) is 11.5 Å². The van der Waals surface area contributed by atoms with Gasteiger partial charge in [0.1, 0.15) is 54.4 Å². The van der Waals surface area contributed by atoms with Gasteiger partial charge in [-0.25, -0.2) is 14.2 Å². The Morgan fingerprint density at radius 3 is 2.44 bits per heavy atom. The molecule has 3 aliphatic heterocycles. The van der Waals surface area contributed by atoms with Crippen molar-refractivity contribution in [2.75, 3.05) is 32.8 Å². The number of halogens is 1. The van der Waals surface area contributed by atoms with Crippen molar-refractivity contribution in [2.24, 2.45) is 0 Å². The van der Waals surface area contributed by atoms with Gasteiger partial charge in [0.05, 0.1) is 18.9 Å². The fourth-order valence-corrected chi connectivity index (χ4v) is 7.11. The zero-order valence-corrected chi connectivity index (χ0v) is 29.7. The van der Waals surface area contributed by atoms with Crippen molar-refractivity contribution < 1.29 is 69.1 Å². The molecule has 0 spiro atoms.